The fourth-order valence-corrected chi connectivity index (χ4v) is 2.45. The van der Waals surface area contributed by atoms with E-state index < -0.39 is 0 Å². The Kier molecular flexibility index (Phi) is 2.95. The fraction of sp³-hybridized carbons (Fsp3) is 0. The van der Waals surface area contributed by atoms with Crippen LogP contribution >= 0.6 is 50.1 Å². The van der Waals surface area contributed by atoms with Crippen molar-refractivity contribution in [3.63, 3.8) is 0 Å². The van der Waals surface area contributed by atoms with E-state index in [9.17, 15) is 4.39 Å². The Bertz CT molecular complexity index is 518. The fourth-order valence-electron chi connectivity index (χ4n) is 1.17. The summed E-state index contributed by atoms with van der Waals surface area (Å²) in [4.78, 5) is 4.15. The molecule has 5 heteroatoms. The van der Waals surface area contributed by atoms with Crippen LogP contribution in [0.1, 0.15) is 0 Å². The van der Waals surface area contributed by atoms with Crippen LogP contribution in [0.25, 0.3) is 10.9 Å². The number of aromatic nitrogens is 1. The average molecular weight is 386 g/mol. The Labute approximate surface area is 107 Å². The summed E-state index contributed by atoms with van der Waals surface area (Å²) in [6.45, 7) is 0. The Hall–Kier alpha value is 0.0600. The number of fused-ring (bicyclic) bond motifs is 1. The molecule has 0 aliphatic carbocycles. The second-order valence-electron chi connectivity index (χ2n) is 2.70. The summed E-state index contributed by atoms with van der Waals surface area (Å²) < 4.78 is 14.6. The molecule has 1 heterocycles. The van der Waals surface area contributed by atoms with Gasteiger partial charge in [0.25, 0.3) is 0 Å². The third kappa shape index (κ3) is 1.75. The number of hydrogen-bond acceptors (Lipinski definition) is 1. The van der Waals surface area contributed by atoms with E-state index in [4.69, 9.17) is 11.6 Å². The molecule has 0 saturated heterocycles. The van der Waals surface area contributed by atoms with Gasteiger partial charge in [0.05, 0.1) is 10.5 Å². The van der Waals surface area contributed by atoms with Gasteiger partial charge in [0.1, 0.15) is 5.82 Å². The molecule has 1 aromatic carbocycles. The molecule has 1 aromatic heterocycles. The molecule has 2 rings (SSSR count). The predicted molar refractivity (Wildman–Crippen MR) is 67.1 cm³/mol. The van der Waals surface area contributed by atoms with Gasteiger partial charge >= 0.3 is 0 Å². The molecule has 0 saturated carbocycles. The Morgan fingerprint density at radius 2 is 2.14 bits per heavy atom. The highest BCUT2D eigenvalue weighted by Crippen LogP contribution is 2.32. The Morgan fingerprint density at radius 3 is 2.86 bits per heavy atom. The summed E-state index contributed by atoms with van der Waals surface area (Å²) in [6, 6.07) is 2.86. The van der Waals surface area contributed by atoms with Crippen molar-refractivity contribution in [1.29, 1.82) is 0 Å². The van der Waals surface area contributed by atoms with Gasteiger partial charge in [-0.1, -0.05) is 11.6 Å². The molecule has 0 amide bonds. The number of nitrogens with zero attached hydrogens (tertiary/aromatic N) is 1. The van der Waals surface area contributed by atoms with Crippen LogP contribution in [0.3, 0.4) is 0 Å². The molecule has 0 radical (unpaired) electrons. The van der Waals surface area contributed by atoms with Crippen molar-refractivity contribution in [3.8, 4) is 0 Å². The Balaban J connectivity index is 2.95. The number of rotatable bonds is 0. The van der Waals surface area contributed by atoms with E-state index in [-0.39, 0.29) is 5.82 Å². The van der Waals surface area contributed by atoms with Crippen LogP contribution < -0.4 is 0 Å². The minimum Gasteiger partial charge on any atom is -0.254 e. The summed E-state index contributed by atoms with van der Waals surface area (Å²) in [7, 11) is 0. The van der Waals surface area contributed by atoms with Crippen LogP contribution in [-0.4, -0.2) is 4.98 Å². The van der Waals surface area contributed by atoms with E-state index in [0.717, 1.165) is 9.09 Å². The van der Waals surface area contributed by atoms with Gasteiger partial charge in [0, 0.05) is 19.6 Å². The van der Waals surface area contributed by atoms with Crippen molar-refractivity contribution in [1.82, 2.24) is 4.98 Å². The number of benzene rings is 1. The first-order valence-electron chi connectivity index (χ1n) is 3.68. The summed E-state index contributed by atoms with van der Waals surface area (Å²) in [5, 5.41) is 1.18. The van der Waals surface area contributed by atoms with Gasteiger partial charge in [-0.25, -0.2) is 4.39 Å². The zero-order valence-electron chi connectivity index (χ0n) is 6.69. The third-order valence-electron chi connectivity index (χ3n) is 1.78. The minimum atomic E-state index is -0.285. The SMILES string of the molecule is Fc1cc(I)c2ncc(Cl)c(Br)c2c1. The van der Waals surface area contributed by atoms with E-state index >= 15 is 0 Å². The molecular formula is C9H3BrClFIN. The first-order chi connectivity index (χ1) is 6.59. The third-order valence-corrected chi connectivity index (χ3v) is 3.97. The highest BCUT2D eigenvalue weighted by molar-refractivity contribution is 14.1. The van der Waals surface area contributed by atoms with E-state index in [1.807, 2.05) is 22.6 Å². The second kappa shape index (κ2) is 3.90. The Morgan fingerprint density at radius 1 is 1.43 bits per heavy atom. The molecule has 0 spiro atoms. The monoisotopic (exact) mass is 385 g/mol. The maximum Gasteiger partial charge on any atom is 0.125 e. The van der Waals surface area contributed by atoms with Gasteiger partial charge in [0.15, 0.2) is 0 Å². The molecule has 0 aliphatic heterocycles. The maximum absolute atomic E-state index is 13.1. The van der Waals surface area contributed by atoms with Crippen molar-refractivity contribution in [3.05, 3.63) is 37.2 Å². The zero-order chi connectivity index (χ0) is 10.3. The van der Waals surface area contributed by atoms with E-state index in [1.165, 1.54) is 12.1 Å². The topological polar surface area (TPSA) is 12.9 Å². The van der Waals surface area contributed by atoms with Crippen LogP contribution in [0, 0.1) is 9.39 Å². The quantitative estimate of drug-likeness (QED) is 0.612. The average Bonchev–Trinajstić information content (AvgIpc) is 2.12. The molecular weight excluding hydrogens is 383 g/mol. The van der Waals surface area contributed by atoms with Gasteiger partial charge < -0.3 is 0 Å². The van der Waals surface area contributed by atoms with Gasteiger partial charge in [0.2, 0.25) is 0 Å². The van der Waals surface area contributed by atoms with Crippen LogP contribution in [0.5, 0.6) is 0 Å². The first kappa shape index (κ1) is 10.6. The maximum atomic E-state index is 13.1. The van der Waals surface area contributed by atoms with Crippen LogP contribution in [0.4, 0.5) is 4.39 Å². The predicted octanol–water partition coefficient (Wildman–Crippen LogP) is 4.39. The minimum absolute atomic E-state index is 0.285. The van der Waals surface area contributed by atoms with Gasteiger partial charge in [-0.05, 0) is 50.7 Å². The zero-order valence-corrected chi connectivity index (χ0v) is 11.2. The highest BCUT2D eigenvalue weighted by atomic mass is 127. The lowest BCUT2D eigenvalue weighted by molar-refractivity contribution is 0.628. The van der Waals surface area contributed by atoms with Gasteiger partial charge in [-0.2, -0.15) is 0 Å². The number of hydrogen-bond donors (Lipinski definition) is 0. The highest BCUT2D eigenvalue weighted by Gasteiger charge is 2.08. The normalized spacial score (nSPS) is 10.9. The first-order valence-corrected chi connectivity index (χ1v) is 5.93. The van der Waals surface area contributed by atoms with Crippen LogP contribution in [-0.2, 0) is 0 Å². The summed E-state index contributed by atoms with van der Waals surface area (Å²) >= 11 is 11.2. The molecule has 0 atom stereocenters. The van der Waals surface area contributed by atoms with Crippen molar-refractivity contribution in [2.45, 2.75) is 0 Å². The number of pyridine rings is 1. The molecule has 14 heavy (non-hydrogen) atoms. The summed E-state index contributed by atoms with van der Waals surface area (Å²) in [5.41, 5.74) is 0.753. The van der Waals surface area contributed by atoms with Gasteiger partial charge in [-0.3, -0.25) is 4.98 Å². The smallest absolute Gasteiger partial charge is 0.125 e. The van der Waals surface area contributed by atoms with Gasteiger partial charge in [-0.15, -0.1) is 0 Å². The molecule has 0 bridgehead atoms. The molecule has 0 fully saturated rings. The van der Waals surface area contributed by atoms with Crippen LogP contribution in [0.15, 0.2) is 22.8 Å². The van der Waals surface area contributed by atoms with Crippen LogP contribution in [0.2, 0.25) is 5.02 Å². The van der Waals surface area contributed by atoms with Crippen molar-refractivity contribution in [2.24, 2.45) is 0 Å². The standard InChI is InChI=1S/C9H3BrClFIN/c10-8-5-1-4(12)2-7(13)9(5)14-3-6(8)11/h1-3H. The molecule has 2 aromatic rings. The largest absolute Gasteiger partial charge is 0.254 e. The number of halogens is 4. The molecule has 0 N–H and O–H groups in total. The molecule has 0 unspecified atom stereocenters. The van der Waals surface area contributed by atoms with E-state index in [2.05, 4.69) is 20.9 Å². The van der Waals surface area contributed by atoms with E-state index in [0.29, 0.717) is 14.9 Å². The van der Waals surface area contributed by atoms with Crippen molar-refractivity contribution in [2.75, 3.05) is 0 Å². The summed E-state index contributed by atoms with van der Waals surface area (Å²) in [6.07, 6.45) is 1.55. The molecule has 0 aliphatic rings. The second-order valence-corrected chi connectivity index (χ2v) is 5.07. The molecule has 72 valence electrons. The lowest BCUT2D eigenvalue weighted by Crippen LogP contribution is -1.87. The van der Waals surface area contributed by atoms with Crippen molar-refractivity contribution < 1.29 is 4.39 Å². The lowest BCUT2D eigenvalue weighted by Gasteiger charge is -2.03. The summed E-state index contributed by atoms with van der Waals surface area (Å²) in [5.74, 6) is -0.285. The van der Waals surface area contributed by atoms with E-state index in [1.54, 1.807) is 6.20 Å². The lowest BCUT2D eigenvalue weighted by atomic mass is 10.2. The molecule has 1 nitrogen and oxygen atoms in total. The van der Waals surface area contributed by atoms with Crippen molar-refractivity contribution >= 4 is 61.0 Å².